The first-order chi connectivity index (χ1) is 10.2. The molecule has 0 bridgehead atoms. The van der Waals surface area contributed by atoms with Gasteiger partial charge in [-0.1, -0.05) is 24.3 Å². The van der Waals surface area contributed by atoms with E-state index in [2.05, 4.69) is 47.8 Å². The predicted molar refractivity (Wildman–Crippen MR) is 86.5 cm³/mol. The lowest BCUT2D eigenvalue weighted by molar-refractivity contribution is 0.546. The van der Waals surface area contributed by atoms with Crippen LogP contribution in [-0.4, -0.2) is 22.4 Å². The predicted octanol–water partition coefficient (Wildman–Crippen LogP) is 3.20. The van der Waals surface area contributed by atoms with Gasteiger partial charge in [0.25, 0.3) is 0 Å². The smallest absolute Gasteiger partial charge is 0.0521 e. The maximum absolute atomic E-state index is 4.27. The van der Waals surface area contributed by atoms with Crippen molar-refractivity contribution in [3.05, 3.63) is 53.3 Å². The van der Waals surface area contributed by atoms with Crippen LogP contribution in [0.3, 0.4) is 0 Å². The zero-order valence-corrected chi connectivity index (χ0v) is 13.0. The molecule has 1 unspecified atom stereocenters. The van der Waals surface area contributed by atoms with Crippen molar-refractivity contribution in [2.45, 2.75) is 44.6 Å². The van der Waals surface area contributed by atoms with Gasteiger partial charge in [-0.05, 0) is 55.2 Å². The van der Waals surface area contributed by atoms with Crippen LogP contribution in [0.25, 0.3) is 0 Å². The Balaban J connectivity index is 1.67. The Hall–Kier alpha value is -1.61. The van der Waals surface area contributed by atoms with Gasteiger partial charge in [-0.2, -0.15) is 5.10 Å². The summed E-state index contributed by atoms with van der Waals surface area (Å²) in [4.78, 5) is 0. The molecule has 0 amide bonds. The summed E-state index contributed by atoms with van der Waals surface area (Å²) >= 11 is 0. The average Bonchev–Trinajstić information content (AvgIpc) is 3.21. The summed E-state index contributed by atoms with van der Waals surface area (Å²) in [7, 11) is 1.98. The first-order valence-corrected chi connectivity index (χ1v) is 7.99. The van der Waals surface area contributed by atoms with Gasteiger partial charge in [-0.25, -0.2) is 0 Å². The fraction of sp³-hybridized carbons (Fsp3) is 0.500. The quantitative estimate of drug-likeness (QED) is 0.845. The van der Waals surface area contributed by atoms with Crippen molar-refractivity contribution in [2.24, 2.45) is 7.05 Å². The molecule has 112 valence electrons. The molecule has 1 N–H and O–H groups in total. The van der Waals surface area contributed by atoms with Crippen molar-refractivity contribution in [1.82, 2.24) is 15.1 Å². The minimum atomic E-state index is 0.590. The van der Waals surface area contributed by atoms with Crippen molar-refractivity contribution in [3.63, 3.8) is 0 Å². The van der Waals surface area contributed by atoms with E-state index < -0.39 is 0 Å². The van der Waals surface area contributed by atoms with E-state index in [4.69, 9.17) is 0 Å². The standard InChI is InChI=1S/C18H25N3/c1-14-5-3-4-6-18(14)16(12-19-17-9-10-17)8-7-15-11-20-21(2)13-15/h3-6,11,13,16-17,19H,7-10,12H2,1-2H3. The molecular formula is C18H25N3. The van der Waals surface area contributed by atoms with E-state index in [1.165, 1.54) is 36.0 Å². The Morgan fingerprint density at radius 1 is 1.33 bits per heavy atom. The van der Waals surface area contributed by atoms with Gasteiger partial charge in [0, 0.05) is 25.8 Å². The molecule has 1 atom stereocenters. The van der Waals surface area contributed by atoms with Crippen LogP contribution in [-0.2, 0) is 13.5 Å². The van der Waals surface area contributed by atoms with Crippen molar-refractivity contribution >= 4 is 0 Å². The molecular weight excluding hydrogens is 258 g/mol. The van der Waals surface area contributed by atoms with Crippen LogP contribution >= 0.6 is 0 Å². The normalized spacial score (nSPS) is 16.1. The molecule has 1 aliphatic rings. The maximum Gasteiger partial charge on any atom is 0.0521 e. The summed E-state index contributed by atoms with van der Waals surface area (Å²) in [6, 6.07) is 9.58. The van der Waals surface area contributed by atoms with E-state index in [-0.39, 0.29) is 0 Å². The van der Waals surface area contributed by atoms with E-state index in [9.17, 15) is 0 Å². The third-order valence-electron chi connectivity index (χ3n) is 4.40. The zero-order valence-electron chi connectivity index (χ0n) is 13.0. The summed E-state index contributed by atoms with van der Waals surface area (Å²) in [5.74, 6) is 0.590. The third kappa shape index (κ3) is 3.94. The molecule has 3 rings (SSSR count). The van der Waals surface area contributed by atoms with Crippen LogP contribution in [0.1, 0.15) is 41.9 Å². The molecule has 1 aliphatic carbocycles. The van der Waals surface area contributed by atoms with E-state index in [1.54, 1.807) is 0 Å². The molecule has 1 heterocycles. The second-order valence-corrected chi connectivity index (χ2v) is 6.30. The SMILES string of the molecule is Cc1ccccc1C(CCc1cnn(C)c1)CNC1CC1. The highest BCUT2D eigenvalue weighted by molar-refractivity contribution is 5.29. The highest BCUT2D eigenvalue weighted by atomic mass is 15.2. The number of aromatic nitrogens is 2. The van der Waals surface area contributed by atoms with Crippen molar-refractivity contribution in [1.29, 1.82) is 0 Å². The number of nitrogens with zero attached hydrogens (tertiary/aromatic N) is 2. The lowest BCUT2D eigenvalue weighted by Crippen LogP contribution is -2.24. The zero-order chi connectivity index (χ0) is 14.7. The molecule has 1 aromatic heterocycles. The van der Waals surface area contributed by atoms with Gasteiger partial charge in [0.1, 0.15) is 0 Å². The molecule has 21 heavy (non-hydrogen) atoms. The topological polar surface area (TPSA) is 29.9 Å². The number of benzene rings is 1. The number of rotatable bonds is 7. The molecule has 1 fully saturated rings. The summed E-state index contributed by atoms with van der Waals surface area (Å²) in [6.45, 7) is 3.32. The molecule has 1 saturated carbocycles. The lowest BCUT2D eigenvalue weighted by atomic mass is 9.90. The molecule has 2 aromatic rings. The van der Waals surface area contributed by atoms with Gasteiger partial charge in [-0.15, -0.1) is 0 Å². The van der Waals surface area contributed by atoms with Gasteiger partial charge in [0.2, 0.25) is 0 Å². The molecule has 0 saturated heterocycles. The number of aryl methyl sites for hydroxylation is 3. The highest BCUT2D eigenvalue weighted by Crippen LogP contribution is 2.26. The fourth-order valence-electron chi connectivity index (χ4n) is 2.95. The Morgan fingerprint density at radius 3 is 2.81 bits per heavy atom. The average molecular weight is 283 g/mol. The van der Waals surface area contributed by atoms with Crippen LogP contribution in [0, 0.1) is 6.92 Å². The number of hydrogen-bond acceptors (Lipinski definition) is 2. The van der Waals surface area contributed by atoms with E-state index in [0.29, 0.717) is 5.92 Å². The summed E-state index contributed by atoms with van der Waals surface area (Å²) in [6.07, 6.45) is 9.09. The summed E-state index contributed by atoms with van der Waals surface area (Å²) in [5.41, 5.74) is 4.24. The number of hydrogen-bond donors (Lipinski definition) is 1. The van der Waals surface area contributed by atoms with Gasteiger partial charge >= 0.3 is 0 Å². The van der Waals surface area contributed by atoms with Gasteiger partial charge in [0.15, 0.2) is 0 Å². The maximum atomic E-state index is 4.27. The number of nitrogens with one attached hydrogen (secondary N) is 1. The van der Waals surface area contributed by atoms with Crippen LogP contribution in [0.4, 0.5) is 0 Å². The first-order valence-electron chi connectivity index (χ1n) is 7.99. The lowest BCUT2D eigenvalue weighted by Gasteiger charge is -2.20. The Kier molecular flexibility index (Phi) is 4.39. The second kappa shape index (κ2) is 6.44. The van der Waals surface area contributed by atoms with Gasteiger partial charge in [0.05, 0.1) is 6.20 Å². The minimum Gasteiger partial charge on any atom is -0.313 e. The van der Waals surface area contributed by atoms with Crippen LogP contribution in [0.5, 0.6) is 0 Å². The van der Waals surface area contributed by atoms with Gasteiger partial charge in [-0.3, -0.25) is 4.68 Å². The van der Waals surface area contributed by atoms with E-state index in [1.807, 2.05) is 17.9 Å². The van der Waals surface area contributed by atoms with Crippen LogP contribution in [0.15, 0.2) is 36.7 Å². The van der Waals surface area contributed by atoms with Crippen molar-refractivity contribution in [2.75, 3.05) is 6.54 Å². The Bertz CT molecular complexity index is 584. The second-order valence-electron chi connectivity index (χ2n) is 6.30. The Morgan fingerprint density at radius 2 is 2.14 bits per heavy atom. The first kappa shape index (κ1) is 14.3. The monoisotopic (exact) mass is 283 g/mol. The van der Waals surface area contributed by atoms with E-state index in [0.717, 1.165) is 19.0 Å². The van der Waals surface area contributed by atoms with E-state index >= 15 is 0 Å². The van der Waals surface area contributed by atoms with Crippen LogP contribution in [0.2, 0.25) is 0 Å². The fourth-order valence-corrected chi connectivity index (χ4v) is 2.95. The van der Waals surface area contributed by atoms with Crippen molar-refractivity contribution < 1.29 is 0 Å². The van der Waals surface area contributed by atoms with Crippen LogP contribution < -0.4 is 5.32 Å². The molecule has 0 spiro atoms. The summed E-state index contributed by atoms with van der Waals surface area (Å²) < 4.78 is 1.89. The molecule has 3 heteroatoms. The minimum absolute atomic E-state index is 0.590. The highest BCUT2D eigenvalue weighted by Gasteiger charge is 2.23. The Labute approximate surface area is 127 Å². The third-order valence-corrected chi connectivity index (χ3v) is 4.40. The molecule has 1 aromatic carbocycles. The van der Waals surface area contributed by atoms with Gasteiger partial charge < -0.3 is 5.32 Å². The largest absolute Gasteiger partial charge is 0.313 e. The molecule has 0 radical (unpaired) electrons. The molecule has 3 nitrogen and oxygen atoms in total. The van der Waals surface area contributed by atoms with Crippen molar-refractivity contribution in [3.8, 4) is 0 Å². The molecule has 0 aliphatic heterocycles. The summed E-state index contributed by atoms with van der Waals surface area (Å²) in [5, 5.41) is 7.97.